The lowest BCUT2D eigenvalue weighted by molar-refractivity contribution is -0.121. The lowest BCUT2D eigenvalue weighted by Gasteiger charge is -2.32. The molecule has 1 unspecified atom stereocenters. The van der Waals surface area contributed by atoms with Crippen LogP contribution in [0, 0.1) is 19.7 Å². The Morgan fingerprint density at radius 1 is 1.09 bits per heavy atom. The van der Waals surface area contributed by atoms with Gasteiger partial charge in [-0.2, -0.15) is 0 Å². The Morgan fingerprint density at radius 3 is 2.60 bits per heavy atom. The van der Waals surface area contributed by atoms with Crippen LogP contribution in [0.25, 0.3) is 11.0 Å². The molecule has 1 spiro atoms. The summed E-state index contributed by atoms with van der Waals surface area (Å²) in [6.07, 6.45) is 1.42. The van der Waals surface area contributed by atoms with Crippen molar-refractivity contribution in [1.29, 1.82) is 0 Å². The van der Waals surface area contributed by atoms with Crippen LogP contribution in [0.1, 0.15) is 48.2 Å². The third kappa shape index (κ3) is 4.07. The van der Waals surface area contributed by atoms with Crippen LogP contribution in [0.3, 0.4) is 0 Å². The number of nitrogens with zero attached hydrogens (tertiary/aromatic N) is 3. The maximum Gasteiger partial charge on any atom is 0.350 e. The normalized spacial score (nSPS) is 16.9. The monoisotopic (exact) mass is 621 g/mol. The number of carbonyl (C=O) groups is 3. The summed E-state index contributed by atoms with van der Waals surface area (Å²) in [4.78, 5) is 64.0. The Bertz CT molecular complexity index is 2150. The summed E-state index contributed by atoms with van der Waals surface area (Å²) in [6, 6.07) is 18.0. The van der Waals surface area contributed by atoms with Crippen molar-refractivity contribution in [2.45, 2.75) is 25.9 Å². The first-order valence-electron chi connectivity index (χ1n) is 14.0. The maximum absolute atomic E-state index is 15.0. The molecule has 45 heavy (non-hydrogen) atoms. The first-order chi connectivity index (χ1) is 21.7. The molecule has 0 bridgehead atoms. The predicted octanol–water partition coefficient (Wildman–Crippen LogP) is 5.80. The van der Waals surface area contributed by atoms with Gasteiger partial charge in [0.2, 0.25) is 5.76 Å². The fraction of sp³-hybridized carbons (Fsp3) is 0.147. The minimum Gasteiger partial charge on any atom is -0.457 e. The second-order valence-electron chi connectivity index (χ2n) is 10.8. The van der Waals surface area contributed by atoms with Crippen molar-refractivity contribution in [2.24, 2.45) is 0 Å². The fourth-order valence-corrected chi connectivity index (χ4v) is 7.05. The smallest absolute Gasteiger partial charge is 0.350 e. The molecular weight excluding hydrogens is 597 g/mol. The van der Waals surface area contributed by atoms with Crippen LogP contribution in [0.15, 0.2) is 88.6 Å². The van der Waals surface area contributed by atoms with Crippen LogP contribution < -0.4 is 15.2 Å². The molecular formula is C34H24FN3O6S. The topological polar surface area (TPSA) is 110 Å². The van der Waals surface area contributed by atoms with E-state index in [4.69, 9.17) is 9.15 Å². The summed E-state index contributed by atoms with van der Waals surface area (Å²) in [6.45, 7) is 7.20. The number of aryl methyl sites for hydroxylation is 2. The number of para-hydroxylation sites is 1. The molecule has 0 aliphatic carbocycles. The van der Waals surface area contributed by atoms with Crippen molar-refractivity contribution in [2.75, 3.05) is 16.4 Å². The van der Waals surface area contributed by atoms with E-state index < -0.39 is 34.6 Å². The van der Waals surface area contributed by atoms with Crippen molar-refractivity contribution in [3.8, 4) is 0 Å². The second kappa shape index (κ2) is 10.3. The first-order valence-corrected chi connectivity index (χ1v) is 14.8. The third-order valence-corrected chi connectivity index (χ3v) is 9.16. The number of thiazole rings is 1. The van der Waals surface area contributed by atoms with E-state index in [1.54, 1.807) is 31.2 Å². The summed E-state index contributed by atoms with van der Waals surface area (Å²) in [5, 5.41) is -0.126. The van der Waals surface area contributed by atoms with E-state index in [0.717, 1.165) is 39.5 Å². The SMILES string of the molecule is C=CCOC(=O)c1sc(N2C(=O)c3oc4ccc(F)cc4c(=O)c3C23C(=O)N(Cc2ccc(C)cc2)c2ccccc23)nc1C. The number of ether oxygens (including phenoxy) is 1. The van der Waals surface area contributed by atoms with E-state index in [1.165, 1.54) is 17.0 Å². The molecule has 0 radical (unpaired) electrons. The third-order valence-electron chi connectivity index (χ3n) is 8.04. The fourth-order valence-electron chi connectivity index (χ4n) is 6.04. The number of benzene rings is 3. The summed E-state index contributed by atoms with van der Waals surface area (Å²) in [7, 11) is 0. The van der Waals surface area contributed by atoms with Crippen LogP contribution >= 0.6 is 11.3 Å². The summed E-state index contributed by atoms with van der Waals surface area (Å²) < 4.78 is 25.7. The molecule has 9 nitrogen and oxygen atoms in total. The minimum absolute atomic E-state index is 0.00949. The highest BCUT2D eigenvalue weighted by molar-refractivity contribution is 7.17. The quantitative estimate of drug-likeness (QED) is 0.174. The highest BCUT2D eigenvalue weighted by Crippen LogP contribution is 2.55. The lowest BCUT2D eigenvalue weighted by Crippen LogP contribution is -2.53. The molecule has 0 saturated carbocycles. The van der Waals surface area contributed by atoms with Crippen molar-refractivity contribution in [3.05, 3.63) is 134 Å². The molecule has 2 amide bonds. The number of amides is 2. The van der Waals surface area contributed by atoms with Gasteiger partial charge >= 0.3 is 5.97 Å². The molecule has 11 heteroatoms. The number of aromatic nitrogens is 1. The Labute approximate surface area is 259 Å². The molecule has 3 aromatic carbocycles. The predicted molar refractivity (Wildman–Crippen MR) is 166 cm³/mol. The number of carbonyl (C=O) groups excluding carboxylic acids is 3. The molecule has 2 aliphatic heterocycles. The summed E-state index contributed by atoms with van der Waals surface area (Å²) >= 11 is 0.857. The number of hydrogen-bond donors (Lipinski definition) is 0. The number of rotatable bonds is 6. The summed E-state index contributed by atoms with van der Waals surface area (Å²) in [5.74, 6) is -3.11. The molecule has 2 aliphatic rings. The van der Waals surface area contributed by atoms with E-state index in [2.05, 4.69) is 11.6 Å². The van der Waals surface area contributed by atoms with E-state index in [1.807, 2.05) is 31.2 Å². The van der Waals surface area contributed by atoms with Crippen molar-refractivity contribution >= 4 is 50.9 Å². The largest absolute Gasteiger partial charge is 0.457 e. The number of hydrogen-bond acceptors (Lipinski definition) is 8. The van der Waals surface area contributed by atoms with Gasteiger partial charge in [0.25, 0.3) is 11.8 Å². The number of anilines is 2. The number of fused-ring (bicyclic) bond motifs is 5. The maximum atomic E-state index is 15.0. The molecule has 0 N–H and O–H groups in total. The number of halogens is 1. The average Bonchev–Trinajstić information content (AvgIpc) is 3.62. The Kier molecular flexibility index (Phi) is 6.52. The van der Waals surface area contributed by atoms with Gasteiger partial charge in [0.05, 0.1) is 28.9 Å². The van der Waals surface area contributed by atoms with E-state index in [-0.39, 0.29) is 51.1 Å². The summed E-state index contributed by atoms with van der Waals surface area (Å²) in [5.41, 5.74) is -0.0628. The zero-order valence-electron chi connectivity index (χ0n) is 24.1. The highest BCUT2D eigenvalue weighted by Gasteiger charge is 2.66. The Hall–Kier alpha value is -5.42. The zero-order chi connectivity index (χ0) is 31.6. The molecule has 4 heterocycles. The standard InChI is InChI=1S/C34H24FN3O6S/c1-4-15-43-31(41)29-19(3)36-33(45-29)38-30(40)28-26(27(39)22-16-21(35)13-14-25(22)44-28)34(38)23-7-5-6-8-24(23)37(32(34)42)17-20-11-9-18(2)10-12-20/h4-14,16H,1,15,17H2,2-3H3. The average molecular weight is 622 g/mol. The zero-order valence-corrected chi connectivity index (χ0v) is 24.9. The lowest BCUT2D eigenvalue weighted by atomic mass is 9.84. The van der Waals surface area contributed by atoms with Gasteiger partial charge in [0.1, 0.15) is 22.9 Å². The van der Waals surface area contributed by atoms with E-state index >= 15 is 4.79 Å². The van der Waals surface area contributed by atoms with Crippen molar-refractivity contribution < 1.29 is 27.9 Å². The molecule has 5 aromatic rings. The van der Waals surface area contributed by atoms with Crippen LogP contribution in [-0.4, -0.2) is 29.4 Å². The van der Waals surface area contributed by atoms with Gasteiger partial charge in [-0.25, -0.2) is 14.2 Å². The van der Waals surface area contributed by atoms with Crippen LogP contribution in [0.4, 0.5) is 15.2 Å². The molecule has 2 aromatic heterocycles. The van der Waals surface area contributed by atoms with Gasteiger partial charge < -0.3 is 14.1 Å². The van der Waals surface area contributed by atoms with Gasteiger partial charge in [-0.3, -0.25) is 19.3 Å². The van der Waals surface area contributed by atoms with E-state index in [0.29, 0.717) is 11.3 Å². The Morgan fingerprint density at radius 2 is 1.84 bits per heavy atom. The van der Waals surface area contributed by atoms with E-state index in [9.17, 15) is 18.8 Å². The number of esters is 1. The second-order valence-corrected chi connectivity index (χ2v) is 11.8. The van der Waals surface area contributed by atoms with Crippen LogP contribution in [-0.2, 0) is 21.6 Å². The van der Waals surface area contributed by atoms with Gasteiger partial charge in [-0.05, 0) is 43.7 Å². The van der Waals surface area contributed by atoms with Gasteiger partial charge in [0.15, 0.2) is 16.1 Å². The van der Waals surface area contributed by atoms with Gasteiger partial charge in [-0.15, -0.1) is 0 Å². The van der Waals surface area contributed by atoms with Crippen LogP contribution in [0.2, 0.25) is 0 Å². The first kappa shape index (κ1) is 28.4. The van der Waals surface area contributed by atoms with Crippen molar-refractivity contribution in [1.82, 2.24) is 4.98 Å². The molecule has 224 valence electrons. The van der Waals surface area contributed by atoms with Crippen molar-refractivity contribution in [3.63, 3.8) is 0 Å². The molecule has 1 atom stereocenters. The minimum atomic E-state index is -2.05. The Balaban J connectivity index is 1.51. The molecule has 7 rings (SSSR count). The van der Waals surface area contributed by atoms with Gasteiger partial charge in [-0.1, -0.05) is 72.0 Å². The molecule has 0 fully saturated rings. The highest BCUT2D eigenvalue weighted by atomic mass is 32.1. The van der Waals surface area contributed by atoms with Crippen LogP contribution in [0.5, 0.6) is 0 Å². The van der Waals surface area contributed by atoms with Gasteiger partial charge in [0, 0.05) is 5.56 Å². The molecule has 0 saturated heterocycles.